The van der Waals surface area contributed by atoms with Crippen molar-refractivity contribution in [3.05, 3.63) is 42.6 Å². The third-order valence-electron chi connectivity index (χ3n) is 2.59. The summed E-state index contributed by atoms with van der Waals surface area (Å²) in [5, 5.41) is 22.8. The van der Waals surface area contributed by atoms with Crippen LogP contribution in [0, 0.1) is 0 Å². The predicted molar refractivity (Wildman–Crippen MR) is 63.8 cm³/mol. The fourth-order valence-corrected chi connectivity index (χ4v) is 1.81. The van der Waals surface area contributed by atoms with Crippen LogP contribution in [0.25, 0.3) is 0 Å². The Balaban J connectivity index is 2.30. The quantitative estimate of drug-likeness (QED) is 0.738. The zero-order chi connectivity index (χ0) is 11.4. The van der Waals surface area contributed by atoms with Crippen LogP contribution in [0.3, 0.4) is 0 Å². The van der Waals surface area contributed by atoms with E-state index in [9.17, 15) is 5.11 Å². The van der Waals surface area contributed by atoms with Gasteiger partial charge in [0.25, 0.3) is 0 Å². The molecule has 84 valence electrons. The average Bonchev–Trinajstić information content (AvgIpc) is 2.80. The standard InChI is InChI=1S/C12H15N2O2/c15-10-12(16)9-14(8-4-7-13-14)11-5-2-1-3-6-11/h1-8,12,15-16H,9-10H2/q+1/t12-,14?/m1/s1. The summed E-state index contributed by atoms with van der Waals surface area (Å²) < 4.78 is 0.211. The summed E-state index contributed by atoms with van der Waals surface area (Å²) in [6.45, 7) is 0.0870. The molecule has 1 unspecified atom stereocenters. The summed E-state index contributed by atoms with van der Waals surface area (Å²) >= 11 is 0. The largest absolute Gasteiger partial charge is 0.393 e. The van der Waals surface area contributed by atoms with Crippen molar-refractivity contribution in [2.45, 2.75) is 6.10 Å². The van der Waals surface area contributed by atoms with Crippen LogP contribution in [0.15, 0.2) is 47.7 Å². The van der Waals surface area contributed by atoms with Gasteiger partial charge in [0.2, 0.25) is 0 Å². The number of nitrogens with zero attached hydrogens (tertiary/aromatic N) is 2. The lowest BCUT2D eigenvalue weighted by Gasteiger charge is -2.27. The van der Waals surface area contributed by atoms with Gasteiger partial charge in [-0.05, 0) is 0 Å². The van der Waals surface area contributed by atoms with Crippen molar-refractivity contribution in [2.75, 3.05) is 13.2 Å². The van der Waals surface area contributed by atoms with E-state index in [0.717, 1.165) is 5.69 Å². The highest BCUT2D eigenvalue weighted by Crippen LogP contribution is 2.26. The molecule has 4 heteroatoms. The predicted octanol–water partition coefficient (Wildman–Crippen LogP) is 0.860. The molecule has 1 aliphatic rings. The molecule has 0 spiro atoms. The number of para-hydroxylation sites is 1. The van der Waals surface area contributed by atoms with E-state index >= 15 is 0 Å². The first-order valence-corrected chi connectivity index (χ1v) is 5.22. The van der Waals surface area contributed by atoms with Gasteiger partial charge in [-0.25, -0.2) is 0 Å². The molecule has 0 aliphatic carbocycles. The maximum atomic E-state index is 9.57. The average molecular weight is 219 g/mol. The lowest BCUT2D eigenvalue weighted by atomic mass is 10.2. The molecule has 0 fully saturated rings. The third kappa shape index (κ3) is 2.04. The van der Waals surface area contributed by atoms with Crippen LogP contribution in [0.2, 0.25) is 0 Å². The second-order valence-corrected chi connectivity index (χ2v) is 3.79. The second-order valence-electron chi connectivity index (χ2n) is 3.79. The summed E-state index contributed by atoms with van der Waals surface area (Å²) in [5.74, 6) is 0. The van der Waals surface area contributed by atoms with E-state index in [-0.39, 0.29) is 11.2 Å². The van der Waals surface area contributed by atoms with Crippen LogP contribution in [-0.4, -0.2) is 35.7 Å². The van der Waals surface area contributed by atoms with Crippen LogP contribution in [0.5, 0.6) is 0 Å². The summed E-state index contributed by atoms with van der Waals surface area (Å²) in [6, 6.07) is 9.71. The number of aliphatic hydroxyl groups excluding tert-OH is 2. The fraction of sp³-hybridized carbons (Fsp3) is 0.250. The molecule has 0 radical (unpaired) electrons. The summed E-state index contributed by atoms with van der Waals surface area (Å²) in [7, 11) is 0. The van der Waals surface area contributed by atoms with Gasteiger partial charge in [-0.2, -0.15) is 0 Å². The number of quaternary nitrogens is 1. The lowest BCUT2D eigenvalue weighted by Crippen LogP contribution is -2.44. The monoisotopic (exact) mass is 219 g/mol. The normalized spacial score (nSPS) is 24.9. The number of allylic oxidation sites excluding steroid dienone is 1. The van der Waals surface area contributed by atoms with Crippen molar-refractivity contribution in [3.63, 3.8) is 0 Å². The zero-order valence-electron chi connectivity index (χ0n) is 8.90. The second kappa shape index (κ2) is 4.57. The SMILES string of the molecule is OC[C@H](O)C[N+]1(c2ccccc2)C=CC=N1. The van der Waals surface area contributed by atoms with E-state index < -0.39 is 6.10 Å². The van der Waals surface area contributed by atoms with E-state index in [1.807, 2.05) is 42.6 Å². The number of rotatable bonds is 4. The van der Waals surface area contributed by atoms with E-state index in [2.05, 4.69) is 5.10 Å². The van der Waals surface area contributed by atoms with Gasteiger partial charge < -0.3 is 10.2 Å². The summed E-state index contributed by atoms with van der Waals surface area (Å²) in [6.07, 6.45) is 4.67. The molecule has 2 N–H and O–H groups in total. The van der Waals surface area contributed by atoms with Gasteiger partial charge in [-0.15, -0.1) is 4.59 Å². The van der Waals surface area contributed by atoms with Crippen molar-refractivity contribution in [3.8, 4) is 0 Å². The van der Waals surface area contributed by atoms with Gasteiger partial charge in [0, 0.05) is 18.2 Å². The van der Waals surface area contributed by atoms with Gasteiger partial charge in [-0.3, -0.25) is 0 Å². The molecule has 16 heavy (non-hydrogen) atoms. The van der Waals surface area contributed by atoms with Gasteiger partial charge >= 0.3 is 0 Å². The maximum Gasteiger partial charge on any atom is 0.164 e. The van der Waals surface area contributed by atoms with Gasteiger partial charge in [-0.1, -0.05) is 23.3 Å². The van der Waals surface area contributed by atoms with E-state index in [4.69, 9.17) is 5.11 Å². The maximum absolute atomic E-state index is 9.57. The molecule has 0 saturated carbocycles. The van der Waals surface area contributed by atoms with Crippen molar-refractivity contribution in [1.29, 1.82) is 0 Å². The van der Waals surface area contributed by atoms with E-state index in [0.29, 0.717) is 6.54 Å². The molecule has 0 bridgehead atoms. The minimum atomic E-state index is -0.778. The third-order valence-corrected chi connectivity index (χ3v) is 2.59. The van der Waals surface area contributed by atoms with Crippen molar-refractivity contribution < 1.29 is 10.2 Å². The van der Waals surface area contributed by atoms with Crippen molar-refractivity contribution >= 4 is 11.9 Å². The van der Waals surface area contributed by atoms with Gasteiger partial charge in [0.15, 0.2) is 5.69 Å². The van der Waals surface area contributed by atoms with Crippen LogP contribution in [-0.2, 0) is 0 Å². The molecule has 1 heterocycles. The van der Waals surface area contributed by atoms with Crippen LogP contribution in [0.1, 0.15) is 0 Å². The first-order valence-electron chi connectivity index (χ1n) is 5.22. The molecule has 2 rings (SSSR count). The first kappa shape index (κ1) is 11.0. The van der Waals surface area contributed by atoms with Gasteiger partial charge in [0.05, 0.1) is 12.8 Å². The van der Waals surface area contributed by atoms with Crippen LogP contribution in [0.4, 0.5) is 5.69 Å². The smallest absolute Gasteiger partial charge is 0.164 e. The summed E-state index contributed by atoms with van der Waals surface area (Å²) in [5.41, 5.74) is 0.972. The van der Waals surface area contributed by atoms with Crippen molar-refractivity contribution in [2.24, 2.45) is 5.10 Å². The molecule has 0 amide bonds. The van der Waals surface area contributed by atoms with Crippen LogP contribution >= 0.6 is 0 Å². The van der Waals surface area contributed by atoms with E-state index in [1.165, 1.54) is 0 Å². The molecule has 0 aromatic heterocycles. The highest BCUT2D eigenvalue weighted by Gasteiger charge is 2.32. The Morgan fingerprint density at radius 3 is 2.56 bits per heavy atom. The summed E-state index contributed by atoms with van der Waals surface area (Å²) in [4.78, 5) is 0. The molecule has 4 nitrogen and oxygen atoms in total. The lowest BCUT2D eigenvalue weighted by molar-refractivity contribution is 0.0741. The number of hydrogen-bond acceptors (Lipinski definition) is 3. The minimum absolute atomic E-state index is 0.211. The Labute approximate surface area is 94.3 Å². The zero-order valence-corrected chi connectivity index (χ0v) is 8.90. The van der Waals surface area contributed by atoms with E-state index in [1.54, 1.807) is 6.21 Å². The minimum Gasteiger partial charge on any atom is -0.393 e. The fourth-order valence-electron chi connectivity index (χ4n) is 1.81. The molecule has 1 aromatic carbocycles. The highest BCUT2D eigenvalue weighted by atomic mass is 16.3. The highest BCUT2D eigenvalue weighted by molar-refractivity contribution is 5.75. The number of aliphatic hydroxyl groups is 2. The number of benzene rings is 1. The molecule has 0 saturated heterocycles. The molecule has 1 aliphatic heterocycles. The Morgan fingerprint density at radius 2 is 2.00 bits per heavy atom. The molecular formula is C12H15N2O2+. The Morgan fingerprint density at radius 1 is 1.25 bits per heavy atom. The Kier molecular flexibility index (Phi) is 3.14. The topological polar surface area (TPSA) is 52.8 Å². The Bertz CT molecular complexity index is 389. The Hall–Kier alpha value is -1.49. The van der Waals surface area contributed by atoms with Crippen LogP contribution < -0.4 is 4.59 Å². The van der Waals surface area contributed by atoms with Crippen molar-refractivity contribution in [1.82, 2.24) is 4.59 Å². The molecule has 1 aromatic rings. The molecule has 2 atom stereocenters. The first-order chi connectivity index (χ1) is 7.77. The molecular weight excluding hydrogens is 204 g/mol. The van der Waals surface area contributed by atoms with Gasteiger partial charge in [0.1, 0.15) is 18.8 Å². The number of hydrogen-bond donors (Lipinski definition) is 2.